The lowest BCUT2D eigenvalue weighted by molar-refractivity contribution is -0.132. The number of furan rings is 1. The molecule has 1 fully saturated rings. The molecule has 0 saturated carbocycles. The van der Waals surface area contributed by atoms with Crippen LogP contribution in [0.3, 0.4) is 0 Å². The van der Waals surface area contributed by atoms with E-state index in [0.717, 1.165) is 0 Å². The smallest absolute Gasteiger partial charge is 0.289 e. The zero-order valence-electron chi connectivity index (χ0n) is 16.2. The zero-order valence-corrected chi connectivity index (χ0v) is 16.2. The molecule has 2 aliphatic heterocycles. The van der Waals surface area contributed by atoms with Crippen molar-refractivity contribution in [2.45, 2.75) is 19.4 Å². The van der Waals surface area contributed by atoms with E-state index < -0.39 is 6.10 Å². The number of carbonyl (C=O) groups is 3. The van der Waals surface area contributed by atoms with Crippen LogP contribution in [-0.2, 0) is 9.59 Å². The summed E-state index contributed by atoms with van der Waals surface area (Å²) in [5.41, 5.74) is 0.692. The number of hydrogen-bond donors (Lipinski definition) is 0. The summed E-state index contributed by atoms with van der Waals surface area (Å²) in [5.74, 6) is 0.622. The minimum Gasteiger partial charge on any atom is -0.479 e. The summed E-state index contributed by atoms with van der Waals surface area (Å²) >= 11 is 0. The van der Waals surface area contributed by atoms with E-state index in [1.807, 2.05) is 24.3 Å². The number of rotatable bonds is 4. The first-order chi connectivity index (χ1) is 14.0. The Morgan fingerprint density at radius 1 is 1.03 bits per heavy atom. The molecule has 8 heteroatoms. The van der Waals surface area contributed by atoms with E-state index in [9.17, 15) is 14.4 Å². The fourth-order valence-corrected chi connectivity index (χ4v) is 3.67. The first-order valence-electron chi connectivity index (χ1n) is 9.72. The number of ether oxygens (including phenoxy) is 1. The second-order valence-electron chi connectivity index (χ2n) is 7.12. The molecule has 3 heterocycles. The van der Waals surface area contributed by atoms with E-state index in [1.54, 1.807) is 33.8 Å². The third-order valence-corrected chi connectivity index (χ3v) is 5.27. The molecule has 8 nitrogen and oxygen atoms in total. The molecule has 3 amide bonds. The van der Waals surface area contributed by atoms with Crippen LogP contribution in [0.4, 0.5) is 5.69 Å². The maximum atomic E-state index is 12.7. The van der Waals surface area contributed by atoms with E-state index in [2.05, 4.69) is 0 Å². The van der Waals surface area contributed by atoms with Gasteiger partial charge in [0.25, 0.3) is 11.8 Å². The van der Waals surface area contributed by atoms with Crippen molar-refractivity contribution in [2.24, 2.45) is 0 Å². The Kier molecular flexibility index (Phi) is 5.24. The second-order valence-corrected chi connectivity index (χ2v) is 7.12. The van der Waals surface area contributed by atoms with Crippen molar-refractivity contribution in [1.82, 2.24) is 9.80 Å². The number of nitrogens with zero attached hydrogens (tertiary/aromatic N) is 3. The number of piperazine rings is 1. The Hall–Kier alpha value is -3.29. The fraction of sp³-hybridized carbons (Fsp3) is 0.381. The second kappa shape index (κ2) is 7.98. The van der Waals surface area contributed by atoms with Crippen molar-refractivity contribution in [2.75, 3.05) is 37.6 Å². The first-order valence-corrected chi connectivity index (χ1v) is 9.72. The van der Waals surface area contributed by atoms with Crippen LogP contribution in [-0.4, -0.2) is 66.3 Å². The monoisotopic (exact) mass is 397 g/mol. The lowest BCUT2D eigenvalue weighted by atomic mass is 10.1. The molecule has 29 heavy (non-hydrogen) atoms. The molecular weight excluding hydrogens is 374 g/mol. The Balaban J connectivity index is 1.33. The van der Waals surface area contributed by atoms with Crippen LogP contribution < -0.4 is 9.64 Å². The van der Waals surface area contributed by atoms with Gasteiger partial charge in [0.2, 0.25) is 5.91 Å². The number of benzene rings is 1. The largest absolute Gasteiger partial charge is 0.479 e. The van der Waals surface area contributed by atoms with E-state index in [0.29, 0.717) is 49.9 Å². The molecule has 0 radical (unpaired) electrons. The van der Waals surface area contributed by atoms with Crippen molar-refractivity contribution in [1.29, 1.82) is 0 Å². The van der Waals surface area contributed by atoms with Crippen molar-refractivity contribution < 1.29 is 23.5 Å². The van der Waals surface area contributed by atoms with Crippen LogP contribution in [0.1, 0.15) is 23.9 Å². The lowest BCUT2D eigenvalue weighted by Gasteiger charge is -2.36. The van der Waals surface area contributed by atoms with Gasteiger partial charge >= 0.3 is 0 Å². The Bertz CT molecular complexity index is 903. The third kappa shape index (κ3) is 3.83. The molecule has 1 atom stereocenters. The first kappa shape index (κ1) is 19.0. The number of para-hydroxylation sites is 2. The summed E-state index contributed by atoms with van der Waals surface area (Å²) in [7, 11) is 0. The Morgan fingerprint density at radius 3 is 2.48 bits per heavy atom. The number of anilines is 1. The van der Waals surface area contributed by atoms with Crippen LogP contribution in [0.25, 0.3) is 0 Å². The molecule has 4 rings (SSSR count). The number of carbonyl (C=O) groups excluding carboxylic acids is 3. The van der Waals surface area contributed by atoms with Gasteiger partial charge in [-0.25, -0.2) is 0 Å². The van der Waals surface area contributed by atoms with Gasteiger partial charge in [-0.15, -0.1) is 0 Å². The molecule has 0 aliphatic carbocycles. The highest BCUT2D eigenvalue weighted by molar-refractivity contribution is 6.00. The van der Waals surface area contributed by atoms with Gasteiger partial charge < -0.3 is 23.9 Å². The van der Waals surface area contributed by atoms with Crippen LogP contribution >= 0.6 is 0 Å². The number of fused-ring (bicyclic) bond motifs is 1. The minimum absolute atomic E-state index is 0.0282. The minimum atomic E-state index is -0.573. The number of hydrogen-bond acceptors (Lipinski definition) is 5. The topological polar surface area (TPSA) is 83.3 Å². The standard InChI is InChI=1S/C21H23N3O5/c1-15-20(26)24(16-5-2-3-6-17(16)29-15)9-8-19(25)22-10-12-23(13-11-22)21(27)18-7-4-14-28-18/h2-7,14-15H,8-13H2,1H3. The van der Waals surface area contributed by atoms with Crippen molar-refractivity contribution in [3.8, 4) is 5.75 Å². The molecule has 0 spiro atoms. The van der Waals surface area contributed by atoms with Crippen LogP contribution in [0.2, 0.25) is 0 Å². The molecule has 2 aliphatic rings. The Morgan fingerprint density at radius 2 is 1.76 bits per heavy atom. The molecule has 0 N–H and O–H groups in total. The van der Waals surface area contributed by atoms with Crippen LogP contribution in [0, 0.1) is 0 Å². The molecule has 2 aromatic rings. The maximum absolute atomic E-state index is 12.7. The molecule has 1 aromatic heterocycles. The summed E-state index contributed by atoms with van der Waals surface area (Å²) in [5, 5.41) is 0. The average molecular weight is 397 g/mol. The van der Waals surface area contributed by atoms with Crippen molar-refractivity contribution >= 4 is 23.4 Å². The van der Waals surface area contributed by atoms with E-state index >= 15 is 0 Å². The van der Waals surface area contributed by atoms with Gasteiger partial charge in [0.05, 0.1) is 12.0 Å². The van der Waals surface area contributed by atoms with E-state index in [4.69, 9.17) is 9.15 Å². The molecule has 0 bridgehead atoms. The highest BCUT2D eigenvalue weighted by Gasteiger charge is 2.32. The fourth-order valence-electron chi connectivity index (χ4n) is 3.67. The zero-order chi connectivity index (χ0) is 20.4. The molecular formula is C21H23N3O5. The van der Waals surface area contributed by atoms with Gasteiger partial charge in [0, 0.05) is 39.1 Å². The summed E-state index contributed by atoms with van der Waals surface area (Å²) < 4.78 is 10.8. The Labute approximate surface area is 168 Å². The summed E-state index contributed by atoms with van der Waals surface area (Å²) in [4.78, 5) is 42.6. The summed E-state index contributed by atoms with van der Waals surface area (Å²) in [6.45, 7) is 3.87. The van der Waals surface area contributed by atoms with Crippen LogP contribution in [0.5, 0.6) is 5.75 Å². The highest BCUT2D eigenvalue weighted by atomic mass is 16.5. The highest BCUT2D eigenvalue weighted by Crippen LogP contribution is 2.33. The van der Waals surface area contributed by atoms with Gasteiger partial charge in [-0.3, -0.25) is 14.4 Å². The maximum Gasteiger partial charge on any atom is 0.289 e. The van der Waals surface area contributed by atoms with Gasteiger partial charge in [-0.05, 0) is 31.2 Å². The van der Waals surface area contributed by atoms with Gasteiger partial charge in [0.15, 0.2) is 11.9 Å². The van der Waals surface area contributed by atoms with Crippen LogP contribution in [0.15, 0.2) is 47.1 Å². The SMILES string of the molecule is CC1Oc2ccccc2N(CCC(=O)N2CCN(C(=O)c3ccco3)CC2)C1=O. The molecule has 152 valence electrons. The van der Waals surface area contributed by atoms with Crippen molar-refractivity contribution in [3.63, 3.8) is 0 Å². The molecule has 1 aromatic carbocycles. The summed E-state index contributed by atoms with van der Waals surface area (Å²) in [6.07, 6.45) is 1.12. The predicted molar refractivity (Wildman–Crippen MR) is 105 cm³/mol. The van der Waals surface area contributed by atoms with Gasteiger partial charge in [-0.2, -0.15) is 0 Å². The quantitative estimate of drug-likeness (QED) is 0.785. The molecule has 1 unspecified atom stereocenters. The normalized spacial score (nSPS) is 19.0. The van der Waals surface area contributed by atoms with E-state index in [1.165, 1.54) is 6.26 Å². The molecule has 1 saturated heterocycles. The van der Waals surface area contributed by atoms with Crippen molar-refractivity contribution in [3.05, 3.63) is 48.4 Å². The average Bonchev–Trinajstić information content (AvgIpc) is 3.28. The van der Waals surface area contributed by atoms with E-state index in [-0.39, 0.29) is 24.1 Å². The van der Waals surface area contributed by atoms with Gasteiger partial charge in [0.1, 0.15) is 5.75 Å². The third-order valence-electron chi connectivity index (χ3n) is 5.27. The van der Waals surface area contributed by atoms with Gasteiger partial charge in [-0.1, -0.05) is 12.1 Å². The predicted octanol–water partition coefficient (Wildman–Crippen LogP) is 1.77. The lowest BCUT2D eigenvalue weighted by Crippen LogP contribution is -2.51. The number of amides is 3. The summed E-state index contributed by atoms with van der Waals surface area (Å²) in [6, 6.07) is 10.7.